The van der Waals surface area contributed by atoms with Crippen LogP contribution in [0.4, 0.5) is 5.69 Å². The minimum Gasteiger partial charge on any atom is -0.347 e. The number of benzene rings is 2. The van der Waals surface area contributed by atoms with Gasteiger partial charge in [-0.15, -0.1) is 0 Å². The number of rotatable bonds is 3. The third-order valence-corrected chi connectivity index (χ3v) is 3.85. The monoisotopic (exact) mass is 314 g/mol. The van der Waals surface area contributed by atoms with Gasteiger partial charge in [-0.05, 0) is 30.3 Å². The van der Waals surface area contributed by atoms with Crippen LogP contribution in [0.25, 0.3) is 0 Å². The van der Waals surface area contributed by atoms with Crippen molar-refractivity contribution < 1.29 is 9.59 Å². The van der Waals surface area contributed by atoms with Gasteiger partial charge in [-0.1, -0.05) is 35.9 Å². The molecule has 0 aromatic heterocycles. The van der Waals surface area contributed by atoms with Crippen molar-refractivity contribution in [1.29, 1.82) is 0 Å². The van der Waals surface area contributed by atoms with Gasteiger partial charge in [0.15, 0.2) is 0 Å². The van der Waals surface area contributed by atoms with E-state index in [1.807, 2.05) is 30.3 Å². The topological polar surface area (TPSA) is 49.4 Å². The highest BCUT2D eigenvalue weighted by Gasteiger charge is 2.31. The number of para-hydroxylation sites is 1. The van der Waals surface area contributed by atoms with E-state index >= 15 is 0 Å². The highest BCUT2D eigenvalue weighted by Crippen LogP contribution is 2.21. The molecule has 1 fully saturated rings. The summed E-state index contributed by atoms with van der Waals surface area (Å²) in [4.78, 5) is 26.0. The Balaban J connectivity index is 1.68. The molecule has 0 spiro atoms. The Morgan fingerprint density at radius 1 is 1.14 bits per heavy atom. The van der Waals surface area contributed by atoms with Crippen LogP contribution in [0.15, 0.2) is 54.6 Å². The van der Waals surface area contributed by atoms with E-state index in [2.05, 4.69) is 5.32 Å². The molecule has 1 atom stereocenters. The number of anilines is 1. The Morgan fingerprint density at radius 3 is 2.64 bits per heavy atom. The van der Waals surface area contributed by atoms with Crippen molar-refractivity contribution in [2.75, 3.05) is 11.4 Å². The van der Waals surface area contributed by atoms with Gasteiger partial charge in [0, 0.05) is 29.2 Å². The molecule has 2 aromatic carbocycles. The molecule has 5 heteroatoms. The van der Waals surface area contributed by atoms with Crippen molar-refractivity contribution in [2.45, 2.75) is 12.5 Å². The molecule has 1 saturated heterocycles. The maximum Gasteiger partial charge on any atom is 0.251 e. The molecule has 112 valence electrons. The van der Waals surface area contributed by atoms with Crippen LogP contribution in [0.3, 0.4) is 0 Å². The zero-order chi connectivity index (χ0) is 15.5. The molecule has 4 nitrogen and oxygen atoms in total. The highest BCUT2D eigenvalue weighted by atomic mass is 35.5. The summed E-state index contributed by atoms with van der Waals surface area (Å²) in [7, 11) is 0. The number of nitrogens with zero attached hydrogens (tertiary/aromatic N) is 1. The summed E-state index contributed by atoms with van der Waals surface area (Å²) in [6.45, 7) is 0.481. The van der Waals surface area contributed by atoms with E-state index in [-0.39, 0.29) is 17.9 Å². The fourth-order valence-electron chi connectivity index (χ4n) is 2.56. The second-order valence-electron chi connectivity index (χ2n) is 5.22. The maximum atomic E-state index is 12.2. The van der Waals surface area contributed by atoms with Crippen molar-refractivity contribution in [3.63, 3.8) is 0 Å². The molecule has 22 heavy (non-hydrogen) atoms. The predicted molar refractivity (Wildman–Crippen MR) is 86.1 cm³/mol. The number of hydrogen-bond acceptors (Lipinski definition) is 2. The fraction of sp³-hybridized carbons (Fsp3) is 0.176. The summed E-state index contributed by atoms with van der Waals surface area (Å²) < 4.78 is 0. The fourth-order valence-corrected chi connectivity index (χ4v) is 2.75. The van der Waals surface area contributed by atoms with Crippen molar-refractivity contribution in [3.05, 3.63) is 65.2 Å². The highest BCUT2D eigenvalue weighted by molar-refractivity contribution is 6.30. The molecule has 3 rings (SSSR count). The van der Waals surface area contributed by atoms with Gasteiger partial charge in [-0.3, -0.25) is 9.59 Å². The number of carbonyl (C=O) groups is 2. The summed E-state index contributed by atoms with van der Waals surface area (Å²) >= 11 is 5.89. The van der Waals surface area contributed by atoms with Crippen molar-refractivity contribution in [2.24, 2.45) is 0 Å². The molecule has 1 aliphatic heterocycles. The van der Waals surface area contributed by atoms with Crippen LogP contribution in [0.1, 0.15) is 16.8 Å². The Hall–Kier alpha value is -2.33. The van der Waals surface area contributed by atoms with E-state index < -0.39 is 0 Å². The van der Waals surface area contributed by atoms with Crippen LogP contribution >= 0.6 is 11.6 Å². The summed E-state index contributed by atoms with van der Waals surface area (Å²) in [6.07, 6.45) is 0.307. The van der Waals surface area contributed by atoms with Crippen molar-refractivity contribution in [3.8, 4) is 0 Å². The maximum absolute atomic E-state index is 12.2. The molecule has 2 amide bonds. The van der Waals surface area contributed by atoms with Gasteiger partial charge in [-0.2, -0.15) is 0 Å². The molecular weight excluding hydrogens is 300 g/mol. The molecule has 1 N–H and O–H groups in total. The van der Waals surface area contributed by atoms with Crippen molar-refractivity contribution in [1.82, 2.24) is 5.32 Å². The summed E-state index contributed by atoms with van der Waals surface area (Å²) in [5.41, 5.74) is 1.35. The Labute approximate surface area is 133 Å². The smallest absolute Gasteiger partial charge is 0.251 e. The van der Waals surface area contributed by atoms with Crippen LogP contribution in [0, 0.1) is 0 Å². The summed E-state index contributed by atoms with van der Waals surface area (Å²) in [6, 6.07) is 16.0. The number of amides is 2. The summed E-state index contributed by atoms with van der Waals surface area (Å²) in [5, 5.41) is 3.41. The van der Waals surface area contributed by atoms with E-state index in [0.717, 1.165) is 5.69 Å². The van der Waals surface area contributed by atoms with Gasteiger partial charge in [0.2, 0.25) is 5.91 Å². The quantitative estimate of drug-likeness (QED) is 0.947. The second-order valence-corrected chi connectivity index (χ2v) is 5.66. The lowest BCUT2D eigenvalue weighted by Crippen LogP contribution is -2.37. The third-order valence-electron chi connectivity index (χ3n) is 3.61. The number of hydrogen-bond donors (Lipinski definition) is 1. The average molecular weight is 315 g/mol. The van der Waals surface area contributed by atoms with Gasteiger partial charge in [-0.25, -0.2) is 0 Å². The van der Waals surface area contributed by atoms with E-state index in [1.54, 1.807) is 29.2 Å². The van der Waals surface area contributed by atoms with Crippen LogP contribution in [-0.2, 0) is 4.79 Å². The Bertz CT molecular complexity index is 703. The molecule has 0 aliphatic carbocycles. The number of carbonyl (C=O) groups excluding carboxylic acids is 2. The first-order valence-corrected chi connectivity index (χ1v) is 7.43. The van der Waals surface area contributed by atoms with Crippen LogP contribution < -0.4 is 10.2 Å². The van der Waals surface area contributed by atoms with Gasteiger partial charge in [0.05, 0.1) is 6.04 Å². The largest absolute Gasteiger partial charge is 0.347 e. The first kappa shape index (κ1) is 14.6. The Morgan fingerprint density at radius 2 is 1.91 bits per heavy atom. The molecule has 2 aromatic rings. The van der Waals surface area contributed by atoms with Gasteiger partial charge in [0.1, 0.15) is 0 Å². The van der Waals surface area contributed by atoms with Crippen molar-refractivity contribution >= 4 is 29.1 Å². The van der Waals surface area contributed by atoms with Crippen LogP contribution in [-0.4, -0.2) is 24.4 Å². The molecule has 0 bridgehead atoms. The second kappa shape index (κ2) is 6.20. The van der Waals surface area contributed by atoms with Gasteiger partial charge < -0.3 is 10.2 Å². The molecule has 1 aliphatic rings. The van der Waals surface area contributed by atoms with E-state index in [9.17, 15) is 9.59 Å². The minimum atomic E-state index is -0.213. The first-order valence-electron chi connectivity index (χ1n) is 7.05. The Kier molecular flexibility index (Phi) is 4.11. The lowest BCUT2D eigenvalue weighted by atomic mass is 10.2. The van der Waals surface area contributed by atoms with Gasteiger partial charge in [0.25, 0.3) is 5.91 Å². The normalized spacial score (nSPS) is 17.6. The number of halogens is 1. The minimum absolute atomic E-state index is 0.0163. The molecule has 1 heterocycles. The van der Waals surface area contributed by atoms with Crippen LogP contribution in [0.2, 0.25) is 5.02 Å². The average Bonchev–Trinajstić information content (AvgIpc) is 2.88. The molecule has 0 unspecified atom stereocenters. The van der Waals surface area contributed by atoms with Gasteiger partial charge >= 0.3 is 0 Å². The number of nitrogens with one attached hydrogen (secondary N) is 1. The van der Waals surface area contributed by atoms with E-state index in [1.165, 1.54) is 0 Å². The zero-order valence-electron chi connectivity index (χ0n) is 11.8. The first-order chi connectivity index (χ1) is 10.6. The lowest BCUT2D eigenvalue weighted by Gasteiger charge is -2.17. The lowest BCUT2D eigenvalue weighted by molar-refractivity contribution is -0.117. The molecular formula is C17H15ClN2O2. The predicted octanol–water partition coefficient (Wildman–Crippen LogP) is 2.88. The molecule has 0 radical (unpaired) electrons. The standard InChI is InChI=1S/C17H15ClN2O2/c18-13-6-4-5-12(9-13)17(22)19-14-10-16(21)20(11-14)15-7-2-1-3-8-15/h1-9,14H,10-11H2,(H,19,22)/t14-/m1/s1. The zero-order valence-corrected chi connectivity index (χ0v) is 12.6. The third kappa shape index (κ3) is 3.12. The van der Waals surface area contributed by atoms with Crippen LogP contribution in [0.5, 0.6) is 0 Å². The van der Waals surface area contributed by atoms with E-state index in [0.29, 0.717) is 23.6 Å². The molecule has 0 saturated carbocycles. The SMILES string of the molecule is O=C(N[C@@H]1CC(=O)N(c2ccccc2)C1)c1cccc(Cl)c1. The van der Waals surface area contributed by atoms with E-state index in [4.69, 9.17) is 11.6 Å². The summed E-state index contributed by atoms with van der Waals surface area (Å²) in [5.74, 6) is -0.196.